The molecule has 1 aromatic heterocycles. The number of nitrogens with one attached hydrogen (secondary N) is 1. The first kappa shape index (κ1) is 19.9. The summed E-state index contributed by atoms with van der Waals surface area (Å²) >= 11 is 0. The zero-order valence-electron chi connectivity index (χ0n) is 18.0. The Labute approximate surface area is 186 Å². The maximum absolute atomic E-state index is 11.9. The summed E-state index contributed by atoms with van der Waals surface area (Å²) in [6.07, 6.45) is 0.599. The lowest BCUT2D eigenvalue weighted by atomic mass is 9.94. The fourth-order valence-electron chi connectivity index (χ4n) is 4.31. The summed E-state index contributed by atoms with van der Waals surface area (Å²) in [4.78, 5) is 15.5. The van der Waals surface area contributed by atoms with E-state index in [0.717, 1.165) is 49.8 Å². The van der Waals surface area contributed by atoms with Crippen LogP contribution in [0.4, 0.5) is 0 Å². The molecule has 0 unspecified atom stereocenters. The van der Waals surface area contributed by atoms with Crippen molar-refractivity contribution in [3.8, 4) is 22.8 Å². The standard InChI is InChI=1S/C28H23NO3/c1-18(30)32-27-15-13-19-12-14-21(31-2)16-23(19)24(27)17-25-22-10-6-7-11-26(22)29-28(25)20-8-4-3-5-9-20/h3-16,29H,17H2,1-2H3. The molecule has 0 saturated heterocycles. The monoisotopic (exact) mass is 421 g/mol. The van der Waals surface area contributed by atoms with E-state index < -0.39 is 0 Å². The third-order valence-electron chi connectivity index (χ3n) is 5.78. The van der Waals surface area contributed by atoms with Gasteiger partial charge < -0.3 is 14.5 Å². The molecule has 0 aliphatic carbocycles. The Kier molecular flexibility index (Phi) is 5.12. The van der Waals surface area contributed by atoms with E-state index in [9.17, 15) is 4.79 Å². The summed E-state index contributed by atoms with van der Waals surface area (Å²) in [5, 5.41) is 3.23. The second-order valence-corrected chi connectivity index (χ2v) is 7.79. The Bertz CT molecular complexity index is 1430. The molecule has 4 nitrogen and oxygen atoms in total. The lowest BCUT2D eigenvalue weighted by Gasteiger charge is -2.15. The molecular weight excluding hydrogens is 398 g/mol. The van der Waals surface area contributed by atoms with Crippen molar-refractivity contribution in [3.63, 3.8) is 0 Å². The van der Waals surface area contributed by atoms with Crippen molar-refractivity contribution in [2.24, 2.45) is 0 Å². The summed E-state index contributed by atoms with van der Waals surface area (Å²) < 4.78 is 11.1. The van der Waals surface area contributed by atoms with E-state index in [4.69, 9.17) is 9.47 Å². The molecule has 5 rings (SSSR count). The normalized spacial score (nSPS) is 11.1. The van der Waals surface area contributed by atoms with E-state index in [1.165, 1.54) is 6.92 Å². The van der Waals surface area contributed by atoms with E-state index >= 15 is 0 Å². The number of methoxy groups -OCH3 is 1. The Morgan fingerprint density at radius 2 is 1.59 bits per heavy atom. The molecule has 0 radical (unpaired) electrons. The number of aromatic amines is 1. The second-order valence-electron chi connectivity index (χ2n) is 7.79. The highest BCUT2D eigenvalue weighted by molar-refractivity contribution is 5.94. The van der Waals surface area contributed by atoms with Crippen molar-refractivity contribution in [3.05, 3.63) is 96.1 Å². The van der Waals surface area contributed by atoms with Gasteiger partial charge in [-0.2, -0.15) is 0 Å². The molecule has 158 valence electrons. The maximum atomic E-state index is 11.9. The van der Waals surface area contributed by atoms with Crippen molar-refractivity contribution in [1.29, 1.82) is 0 Å². The first-order valence-corrected chi connectivity index (χ1v) is 10.6. The number of H-pyrrole nitrogens is 1. The average Bonchev–Trinajstić information content (AvgIpc) is 3.19. The number of para-hydroxylation sites is 1. The van der Waals surface area contributed by atoms with Crippen LogP contribution in [0.15, 0.2) is 84.9 Å². The Balaban J connectivity index is 1.76. The van der Waals surface area contributed by atoms with Crippen LogP contribution >= 0.6 is 0 Å². The van der Waals surface area contributed by atoms with Crippen LogP contribution in [0.25, 0.3) is 32.9 Å². The molecule has 0 amide bonds. The van der Waals surface area contributed by atoms with Gasteiger partial charge in [0.25, 0.3) is 0 Å². The predicted octanol–water partition coefficient (Wildman–Crippen LogP) is 6.51. The van der Waals surface area contributed by atoms with Gasteiger partial charge in [0.05, 0.1) is 12.8 Å². The number of hydrogen-bond donors (Lipinski definition) is 1. The van der Waals surface area contributed by atoms with Gasteiger partial charge in [-0.15, -0.1) is 0 Å². The third kappa shape index (κ3) is 3.60. The molecular formula is C28H23NO3. The molecule has 4 heteroatoms. The number of esters is 1. The number of fused-ring (bicyclic) bond motifs is 2. The smallest absolute Gasteiger partial charge is 0.308 e. The van der Waals surface area contributed by atoms with E-state index in [0.29, 0.717) is 12.2 Å². The van der Waals surface area contributed by atoms with Gasteiger partial charge in [0.1, 0.15) is 11.5 Å². The fourth-order valence-corrected chi connectivity index (χ4v) is 4.31. The highest BCUT2D eigenvalue weighted by Gasteiger charge is 2.18. The van der Waals surface area contributed by atoms with Crippen molar-refractivity contribution in [2.45, 2.75) is 13.3 Å². The lowest BCUT2D eigenvalue weighted by molar-refractivity contribution is -0.131. The van der Waals surface area contributed by atoms with Gasteiger partial charge in [-0.3, -0.25) is 4.79 Å². The molecule has 0 atom stereocenters. The Hall–Kier alpha value is -4.05. The van der Waals surface area contributed by atoms with Crippen LogP contribution in [0.1, 0.15) is 18.1 Å². The van der Waals surface area contributed by atoms with Gasteiger partial charge in [0.2, 0.25) is 0 Å². The number of carbonyl (C=O) groups is 1. The van der Waals surface area contributed by atoms with Crippen molar-refractivity contribution >= 4 is 27.6 Å². The molecule has 32 heavy (non-hydrogen) atoms. The van der Waals surface area contributed by atoms with Gasteiger partial charge >= 0.3 is 5.97 Å². The van der Waals surface area contributed by atoms with Gasteiger partial charge in [-0.25, -0.2) is 0 Å². The molecule has 1 heterocycles. The first-order valence-electron chi connectivity index (χ1n) is 10.6. The van der Waals surface area contributed by atoms with Crippen LogP contribution < -0.4 is 9.47 Å². The minimum atomic E-state index is -0.337. The zero-order chi connectivity index (χ0) is 22.1. The van der Waals surface area contributed by atoms with Crippen LogP contribution in [0.2, 0.25) is 0 Å². The third-order valence-corrected chi connectivity index (χ3v) is 5.78. The largest absolute Gasteiger partial charge is 0.497 e. The van der Waals surface area contributed by atoms with Gasteiger partial charge in [-0.1, -0.05) is 60.7 Å². The minimum Gasteiger partial charge on any atom is -0.497 e. The van der Waals surface area contributed by atoms with Gasteiger partial charge in [0.15, 0.2) is 0 Å². The Morgan fingerprint density at radius 3 is 2.38 bits per heavy atom. The topological polar surface area (TPSA) is 51.3 Å². The van der Waals surface area contributed by atoms with Crippen molar-refractivity contribution in [2.75, 3.05) is 7.11 Å². The average molecular weight is 421 g/mol. The molecule has 0 spiro atoms. The van der Waals surface area contributed by atoms with Crippen molar-refractivity contribution < 1.29 is 14.3 Å². The number of aromatic nitrogens is 1. The summed E-state index contributed by atoms with van der Waals surface area (Å²) in [6, 6.07) is 28.4. The minimum absolute atomic E-state index is 0.337. The summed E-state index contributed by atoms with van der Waals surface area (Å²) in [5.74, 6) is 0.999. The predicted molar refractivity (Wildman–Crippen MR) is 128 cm³/mol. The fraction of sp³-hybridized carbons (Fsp3) is 0.107. The number of hydrogen-bond acceptors (Lipinski definition) is 3. The van der Waals surface area contributed by atoms with E-state index in [2.05, 4.69) is 29.2 Å². The molecule has 0 fully saturated rings. The molecule has 0 bridgehead atoms. The highest BCUT2D eigenvalue weighted by atomic mass is 16.5. The molecule has 1 N–H and O–H groups in total. The van der Waals surface area contributed by atoms with Gasteiger partial charge in [0, 0.05) is 29.8 Å². The van der Waals surface area contributed by atoms with E-state index in [-0.39, 0.29) is 5.97 Å². The van der Waals surface area contributed by atoms with Crippen LogP contribution in [-0.2, 0) is 11.2 Å². The van der Waals surface area contributed by atoms with E-state index in [1.807, 2.05) is 60.7 Å². The lowest BCUT2D eigenvalue weighted by Crippen LogP contribution is -2.05. The number of ether oxygens (including phenoxy) is 2. The zero-order valence-corrected chi connectivity index (χ0v) is 18.0. The summed E-state index contributed by atoms with van der Waals surface area (Å²) in [7, 11) is 1.66. The quantitative estimate of drug-likeness (QED) is 0.260. The first-order chi connectivity index (χ1) is 15.6. The second kappa shape index (κ2) is 8.23. The SMILES string of the molecule is COc1ccc2ccc(OC(C)=O)c(Cc3c(-c4ccccc4)[nH]c4ccccc34)c2c1. The van der Waals surface area contributed by atoms with Crippen LogP contribution in [0.5, 0.6) is 11.5 Å². The van der Waals surface area contributed by atoms with Gasteiger partial charge in [-0.05, 0) is 46.2 Å². The van der Waals surface area contributed by atoms with Crippen molar-refractivity contribution in [1.82, 2.24) is 4.98 Å². The van der Waals surface area contributed by atoms with Crippen LogP contribution in [0.3, 0.4) is 0 Å². The molecule has 0 aliphatic heterocycles. The number of benzene rings is 4. The maximum Gasteiger partial charge on any atom is 0.308 e. The summed E-state index contributed by atoms with van der Waals surface area (Å²) in [5.41, 5.74) is 5.38. The van der Waals surface area contributed by atoms with E-state index in [1.54, 1.807) is 7.11 Å². The molecule has 0 aliphatic rings. The summed E-state index contributed by atoms with van der Waals surface area (Å²) in [6.45, 7) is 1.43. The Morgan fingerprint density at radius 1 is 0.844 bits per heavy atom. The molecule has 0 saturated carbocycles. The van der Waals surface area contributed by atoms with Crippen LogP contribution in [0, 0.1) is 0 Å². The molecule has 4 aromatic carbocycles. The number of carbonyl (C=O) groups excluding carboxylic acids is 1. The van der Waals surface area contributed by atoms with Crippen LogP contribution in [-0.4, -0.2) is 18.1 Å². The number of rotatable bonds is 5. The molecule has 5 aromatic rings. The highest BCUT2D eigenvalue weighted by Crippen LogP contribution is 2.37.